The van der Waals surface area contributed by atoms with Gasteiger partial charge in [0, 0.05) is 37.6 Å². The van der Waals surface area contributed by atoms with Gasteiger partial charge in [0.05, 0.1) is 18.1 Å². The molecule has 3 rings (SSSR count). The Morgan fingerprint density at radius 2 is 2.24 bits per heavy atom. The number of anilines is 1. The average molecular weight is 351 g/mol. The van der Waals surface area contributed by atoms with E-state index in [9.17, 15) is 0 Å². The number of halogens is 1. The summed E-state index contributed by atoms with van der Waals surface area (Å²) in [5, 5.41) is 0. The van der Waals surface area contributed by atoms with Gasteiger partial charge in [-0.15, -0.1) is 0 Å². The SMILES string of the molecule is COc1ccnc(N2CCC(Oc3ccncc3Br)C2)n1. The van der Waals surface area contributed by atoms with Gasteiger partial charge in [-0.05, 0) is 22.0 Å². The molecule has 7 heteroatoms. The van der Waals surface area contributed by atoms with E-state index in [0.29, 0.717) is 11.8 Å². The second-order valence-electron chi connectivity index (χ2n) is 4.68. The summed E-state index contributed by atoms with van der Waals surface area (Å²) in [5.74, 6) is 2.05. The van der Waals surface area contributed by atoms with Gasteiger partial charge in [0.1, 0.15) is 11.9 Å². The van der Waals surface area contributed by atoms with E-state index in [1.807, 2.05) is 6.07 Å². The van der Waals surface area contributed by atoms with Crippen LogP contribution in [0.15, 0.2) is 35.2 Å². The van der Waals surface area contributed by atoms with Crippen molar-refractivity contribution in [3.63, 3.8) is 0 Å². The van der Waals surface area contributed by atoms with Crippen molar-refractivity contribution >= 4 is 21.9 Å². The lowest BCUT2D eigenvalue weighted by Crippen LogP contribution is -2.26. The van der Waals surface area contributed by atoms with Gasteiger partial charge in [0.2, 0.25) is 11.8 Å². The lowest BCUT2D eigenvalue weighted by molar-refractivity contribution is 0.223. The first-order valence-corrected chi connectivity index (χ1v) is 7.43. The van der Waals surface area contributed by atoms with E-state index in [4.69, 9.17) is 9.47 Å². The fourth-order valence-electron chi connectivity index (χ4n) is 2.24. The number of methoxy groups -OCH3 is 1. The number of hydrogen-bond donors (Lipinski definition) is 0. The Hall–Kier alpha value is -1.89. The van der Waals surface area contributed by atoms with Gasteiger partial charge in [-0.2, -0.15) is 4.98 Å². The minimum Gasteiger partial charge on any atom is -0.487 e. The van der Waals surface area contributed by atoms with E-state index in [0.717, 1.165) is 29.7 Å². The van der Waals surface area contributed by atoms with Gasteiger partial charge >= 0.3 is 0 Å². The van der Waals surface area contributed by atoms with Crippen LogP contribution in [0.25, 0.3) is 0 Å². The van der Waals surface area contributed by atoms with Gasteiger partial charge in [0.25, 0.3) is 0 Å². The Kier molecular flexibility index (Phi) is 4.19. The fraction of sp³-hybridized carbons (Fsp3) is 0.357. The zero-order valence-corrected chi connectivity index (χ0v) is 13.2. The molecule has 0 aromatic carbocycles. The molecule has 1 aliphatic rings. The Morgan fingerprint density at radius 1 is 1.33 bits per heavy atom. The van der Waals surface area contributed by atoms with E-state index in [2.05, 4.69) is 35.8 Å². The van der Waals surface area contributed by atoms with Crippen molar-refractivity contribution in [2.45, 2.75) is 12.5 Å². The molecule has 3 heterocycles. The molecule has 0 aliphatic carbocycles. The summed E-state index contributed by atoms with van der Waals surface area (Å²) in [5.41, 5.74) is 0. The van der Waals surface area contributed by atoms with Gasteiger partial charge in [0.15, 0.2) is 0 Å². The summed E-state index contributed by atoms with van der Waals surface area (Å²) in [7, 11) is 1.60. The summed E-state index contributed by atoms with van der Waals surface area (Å²) in [6.45, 7) is 1.61. The summed E-state index contributed by atoms with van der Waals surface area (Å²) in [6.07, 6.45) is 6.19. The molecule has 0 radical (unpaired) electrons. The molecule has 1 aliphatic heterocycles. The van der Waals surface area contributed by atoms with Crippen molar-refractivity contribution < 1.29 is 9.47 Å². The third-order valence-corrected chi connectivity index (χ3v) is 3.88. The number of nitrogens with zero attached hydrogens (tertiary/aromatic N) is 4. The normalized spacial score (nSPS) is 17.8. The van der Waals surface area contributed by atoms with Crippen LogP contribution in [0.5, 0.6) is 11.6 Å². The lowest BCUT2D eigenvalue weighted by Gasteiger charge is -2.17. The molecular formula is C14H15BrN4O2. The van der Waals surface area contributed by atoms with E-state index in [1.165, 1.54) is 0 Å². The number of pyridine rings is 1. The highest BCUT2D eigenvalue weighted by atomic mass is 79.9. The first kappa shape index (κ1) is 14.1. The van der Waals surface area contributed by atoms with Gasteiger partial charge < -0.3 is 14.4 Å². The summed E-state index contributed by atoms with van der Waals surface area (Å²) in [4.78, 5) is 14.8. The maximum absolute atomic E-state index is 6.00. The number of ether oxygens (including phenoxy) is 2. The Bertz CT molecular complexity index is 625. The third kappa shape index (κ3) is 3.24. The largest absolute Gasteiger partial charge is 0.487 e. The molecule has 6 nitrogen and oxygen atoms in total. The number of rotatable bonds is 4. The molecule has 0 amide bonds. The topological polar surface area (TPSA) is 60.4 Å². The number of hydrogen-bond acceptors (Lipinski definition) is 6. The molecule has 0 spiro atoms. The molecule has 1 fully saturated rings. The lowest BCUT2D eigenvalue weighted by atomic mass is 10.3. The molecule has 2 aromatic rings. The van der Waals surface area contributed by atoms with E-state index in [1.54, 1.807) is 31.8 Å². The van der Waals surface area contributed by atoms with Crippen LogP contribution in [-0.4, -0.2) is 41.3 Å². The van der Waals surface area contributed by atoms with Crippen LogP contribution in [0, 0.1) is 0 Å². The van der Waals surface area contributed by atoms with Crippen LogP contribution in [0.2, 0.25) is 0 Å². The van der Waals surface area contributed by atoms with Gasteiger partial charge in [-0.1, -0.05) is 0 Å². The van der Waals surface area contributed by atoms with E-state index >= 15 is 0 Å². The van der Waals surface area contributed by atoms with Crippen LogP contribution in [-0.2, 0) is 0 Å². The molecule has 0 saturated carbocycles. The molecule has 1 saturated heterocycles. The van der Waals surface area contributed by atoms with E-state index < -0.39 is 0 Å². The highest BCUT2D eigenvalue weighted by Gasteiger charge is 2.26. The maximum atomic E-state index is 6.00. The molecule has 110 valence electrons. The van der Waals surface area contributed by atoms with Crippen molar-refractivity contribution in [1.29, 1.82) is 0 Å². The minimum absolute atomic E-state index is 0.110. The Morgan fingerprint density at radius 3 is 3.05 bits per heavy atom. The van der Waals surface area contributed by atoms with Crippen LogP contribution in [0.1, 0.15) is 6.42 Å². The maximum Gasteiger partial charge on any atom is 0.228 e. The van der Waals surface area contributed by atoms with E-state index in [-0.39, 0.29) is 6.10 Å². The quantitative estimate of drug-likeness (QED) is 0.843. The summed E-state index contributed by atoms with van der Waals surface area (Å²) >= 11 is 3.44. The predicted octanol–water partition coefficient (Wildman–Crippen LogP) is 2.30. The van der Waals surface area contributed by atoms with Gasteiger partial charge in [-0.25, -0.2) is 4.98 Å². The first-order chi connectivity index (χ1) is 10.3. The molecule has 1 atom stereocenters. The summed E-state index contributed by atoms with van der Waals surface area (Å²) in [6, 6.07) is 3.59. The summed E-state index contributed by atoms with van der Waals surface area (Å²) < 4.78 is 12.0. The van der Waals surface area contributed by atoms with Crippen molar-refractivity contribution in [2.75, 3.05) is 25.1 Å². The smallest absolute Gasteiger partial charge is 0.228 e. The fourth-order valence-corrected chi connectivity index (χ4v) is 2.59. The highest BCUT2D eigenvalue weighted by molar-refractivity contribution is 9.10. The first-order valence-electron chi connectivity index (χ1n) is 6.64. The Labute approximate surface area is 131 Å². The van der Waals surface area contributed by atoms with Crippen molar-refractivity contribution in [2.24, 2.45) is 0 Å². The molecule has 21 heavy (non-hydrogen) atoms. The molecule has 2 aromatic heterocycles. The average Bonchev–Trinajstić information content (AvgIpc) is 2.98. The monoisotopic (exact) mass is 350 g/mol. The van der Waals surface area contributed by atoms with Crippen LogP contribution < -0.4 is 14.4 Å². The highest BCUT2D eigenvalue weighted by Crippen LogP contribution is 2.27. The molecule has 1 unspecified atom stereocenters. The van der Waals surface area contributed by atoms with Crippen LogP contribution in [0.4, 0.5) is 5.95 Å². The predicted molar refractivity (Wildman–Crippen MR) is 81.8 cm³/mol. The van der Waals surface area contributed by atoms with Gasteiger partial charge in [-0.3, -0.25) is 4.98 Å². The minimum atomic E-state index is 0.110. The Balaban J connectivity index is 1.66. The van der Waals surface area contributed by atoms with Crippen molar-refractivity contribution in [3.8, 4) is 11.6 Å². The molecule has 0 bridgehead atoms. The third-order valence-electron chi connectivity index (χ3n) is 3.28. The zero-order valence-electron chi connectivity index (χ0n) is 11.6. The molecular weight excluding hydrogens is 336 g/mol. The molecule has 0 N–H and O–H groups in total. The standard InChI is InChI=1S/C14H15BrN4O2/c1-20-13-3-6-17-14(18-13)19-7-4-10(9-19)21-12-2-5-16-8-11(12)15/h2-3,5-6,8,10H,4,7,9H2,1H3. The second-order valence-corrected chi connectivity index (χ2v) is 5.53. The number of aromatic nitrogens is 3. The van der Waals surface area contributed by atoms with Crippen LogP contribution in [0.3, 0.4) is 0 Å². The zero-order chi connectivity index (χ0) is 14.7. The second kappa shape index (κ2) is 6.26. The van der Waals surface area contributed by atoms with Crippen molar-refractivity contribution in [1.82, 2.24) is 15.0 Å². The van der Waals surface area contributed by atoms with Crippen molar-refractivity contribution in [3.05, 3.63) is 35.2 Å². The van der Waals surface area contributed by atoms with Crippen LogP contribution >= 0.6 is 15.9 Å².